The minimum Gasteiger partial charge on any atom is -0.483 e. The first-order valence-corrected chi connectivity index (χ1v) is 5.86. The molecule has 1 N–H and O–H groups in total. The van der Waals surface area contributed by atoms with E-state index >= 15 is 0 Å². The van der Waals surface area contributed by atoms with Crippen molar-refractivity contribution in [1.29, 1.82) is 0 Å². The predicted molar refractivity (Wildman–Crippen MR) is 63.8 cm³/mol. The van der Waals surface area contributed by atoms with E-state index in [0.29, 0.717) is 18.0 Å². The highest BCUT2D eigenvalue weighted by atomic mass is 19.4. The lowest BCUT2D eigenvalue weighted by molar-refractivity contribution is -0.137. The van der Waals surface area contributed by atoms with Crippen molar-refractivity contribution < 1.29 is 17.9 Å². The van der Waals surface area contributed by atoms with Crippen LogP contribution in [0.4, 0.5) is 18.9 Å². The molecule has 0 amide bonds. The zero-order valence-corrected chi connectivity index (χ0v) is 10.6. The van der Waals surface area contributed by atoms with Gasteiger partial charge in [0.15, 0.2) is 0 Å². The summed E-state index contributed by atoms with van der Waals surface area (Å²) in [5.74, 6) is 0.742. The van der Waals surface area contributed by atoms with Gasteiger partial charge in [0.05, 0.1) is 17.8 Å². The van der Waals surface area contributed by atoms with E-state index in [0.717, 1.165) is 12.1 Å². The SMILES string of the molecule is CC(C)C1(C)CNc2cc(C(F)(F)F)ccc2O1. The number of halogens is 3. The predicted octanol–water partition coefficient (Wildman–Crippen LogP) is 3.92. The van der Waals surface area contributed by atoms with Crippen LogP contribution >= 0.6 is 0 Å². The van der Waals surface area contributed by atoms with Crippen LogP contribution in [-0.2, 0) is 6.18 Å². The Morgan fingerprint density at radius 2 is 2.00 bits per heavy atom. The number of hydrogen-bond donors (Lipinski definition) is 1. The van der Waals surface area contributed by atoms with E-state index in [2.05, 4.69) is 5.32 Å². The van der Waals surface area contributed by atoms with Gasteiger partial charge in [0.2, 0.25) is 0 Å². The molecule has 18 heavy (non-hydrogen) atoms. The van der Waals surface area contributed by atoms with Crippen LogP contribution in [0.25, 0.3) is 0 Å². The van der Waals surface area contributed by atoms with Crippen molar-refractivity contribution in [2.45, 2.75) is 32.5 Å². The first-order chi connectivity index (χ1) is 8.22. The molecule has 1 atom stereocenters. The molecular weight excluding hydrogens is 243 g/mol. The average molecular weight is 259 g/mol. The molecule has 0 spiro atoms. The number of ether oxygens (including phenoxy) is 1. The summed E-state index contributed by atoms with van der Waals surface area (Å²) in [5, 5.41) is 3.02. The topological polar surface area (TPSA) is 21.3 Å². The van der Waals surface area contributed by atoms with Crippen LogP contribution in [0.15, 0.2) is 18.2 Å². The maximum atomic E-state index is 12.6. The quantitative estimate of drug-likeness (QED) is 0.825. The second kappa shape index (κ2) is 4.07. The van der Waals surface area contributed by atoms with E-state index in [1.165, 1.54) is 6.07 Å². The van der Waals surface area contributed by atoms with Crippen molar-refractivity contribution in [3.63, 3.8) is 0 Å². The number of anilines is 1. The Kier molecular flexibility index (Phi) is 2.95. The number of hydrogen-bond acceptors (Lipinski definition) is 2. The smallest absolute Gasteiger partial charge is 0.416 e. The normalized spacial score (nSPS) is 23.3. The van der Waals surface area contributed by atoms with Gasteiger partial charge < -0.3 is 10.1 Å². The summed E-state index contributed by atoms with van der Waals surface area (Å²) in [6, 6.07) is 3.52. The fourth-order valence-corrected chi connectivity index (χ4v) is 1.81. The number of benzene rings is 1. The summed E-state index contributed by atoms with van der Waals surface area (Å²) in [6.45, 7) is 6.50. The molecular formula is C13H16F3NO. The van der Waals surface area contributed by atoms with Gasteiger partial charge in [0.25, 0.3) is 0 Å². The van der Waals surface area contributed by atoms with Crippen LogP contribution in [0.5, 0.6) is 5.75 Å². The van der Waals surface area contributed by atoms with Gasteiger partial charge in [0.1, 0.15) is 11.4 Å². The first kappa shape index (κ1) is 13.1. The van der Waals surface area contributed by atoms with Crippen LogP contribution in [0.1, 0.15) is 26.3 Å². The number of alkyl halides is 3. The molecule has 1 aromatic carbocycles. The Hall–Kier alpha value is -1.39. The van der Waals surface area contributed by atoms with Gasteiger partial charge >= 0.3 is 6.18 Å². The Morgan fingerprint density at radius 3 is 2.56 bits per heavy atom. The molecule has 0 aromatic heterocycles. The molecule has 0 radical (unpaired) electrons. The fourth-order valence-electron chi connectivity index (χ4n) is 1.81. The van der Waals surface area contributed by atoms with E-state index in [4.69, 9.17) is 4.74 Å². The van der Waals surface area contributed by atoms with Gasteiger partial charge in [-0.25, -0.2) is 0 Å². The largest absolute Gasteiger partial charge is 0.483 e. The minimum atomic E-state index is -4.32. The molecule has 1 aromatic rings. The van der Waals surface area contributed by atoms with Gasteiger partial charge in [-0.3, -0.25) is 0 Å². The van der Waals surface area contributed by atoms with Gasteiger partial charge in [-0.2, -0.15) is 13.2 Å². The van der Waals surface area contributed by atoms with Crippen molar-refractivity contribution in [3.8, 4) is 5.75 Å². The van der Waals surface area contributed by atoms with E-state index in [1.807, 2.05) is 20.8 Å². The van der Waals surface area contributed by atoms with Crippen LogP contribution in [0, 0.1) is 5.92 Å². The molecule has 2 nitrogen and oxygen atoms in total. The fraction of sp³-hybridized carbons (Fsp3) is 0.538. The molecule has 0 bridgehead atoms. The lowest BCUT2D eigenvalue weighted by Gasteiger charge is -2.39. The van der Waals surface area contributed by atoms with E-state index in [9.17, 15) is 13.2 Å². The third-order valence-corrected chi connectivity index (χ3v) is 3.50. The molecule has 1 unspecified atom stereocenters. The van der Waals surface area contributed by atoms with Crippen molar-refractivity contribution >= 4 is 5.69 Å². The van der Waals surface area contributed by atoms with Gasteiger partial charge in [-0.15, -0.1) is 0 Å². The number of fused-ring (bicyclic) bond motifs is 1. The van der Waals surface area contributed by atoms with Gasteiger partial charge in [-0.05, 0) is 31.0 Å². The monoisotopic (exact) mass is 259 g/mol. The van der Waals surface area contributed by atoms with E-state index in [-0.39, 0.29) is 5.92 Å². The van der Waals surface area contributed by atoms with E-state index in [1.54, 1.807) is 0 Å². The van der Waals surface area contributed by atoms with Crippen molar-refractivity contribution in [3.05, 3.63) is 23.8 Å². The number of nitrogens with one attached hydrogen (secondary N) is 1. The van der Waals surface area contributed by atoms with E-state index < -0.39 is 17.3 Å². The molecule has 0 aliphatic carbocycles. The van der Waals surface area contributed by atoms with Crippen LogP contribution in [-0.4, -0.2) is 12.1 Å². The van der Waals surface area contributed by atoms with Crippen molar-refractivity contribution in [2.75, 3.05) is 11.9 Å². The van der Waals surface area contributed by atoms with Gasteiger partial charge in [0, 0.05) is 0 Å². The highest BCUT2D eigenvalue weighted by molar-refractivity contribution is 5.60. The maximum absolute atomic E-state index is 12.6. The first-order valence-electron chi connectivity index (χ1n) is 5.86. The Morgan fingerprint density at radius 1 is 1.33 bits per heavy atom. The molecule has 0 saturated heterocycles. The highest BCUT2D eigenvalue weighted by Gasteiger charge is 2.36. The third-order valence-electron chi connectivity index (χ3n) is 3.50. The summed E-state index contributed by atoms with van der Waals surface area (Å²) < 4.78 is 43.5. The molecule has 0 fully saturated rings. The van der Waals surface area contributed by atoms with Crippen molar-refractivity contribution in [1.82, 2.24) is 0 Å². The highest BCUT2D eigenvalue weighted by Crippen LogP contribution is 2.39. The zero-order valence-electron chi connectivity index (χ0n) is 10.6. The lowest BCUT2D eigenvalue weighted by atomic mass is 9.90. The van der Waals surface area contributed by atoms with Crippen LogP contribution in [0.3, 0.4) is 0 Å². The average Bonchev–Trinajstić information content (AvgIpc) is 2.26. The van der Waals surface area contributed by atoms with Gasteiger partial charge in [-0.1, -0.05) is 13.8 Å². The molecule has 2 rings (SSSR count). The Balaban J connectivity index is 2.32. The molecule has 0 saturated carbocycles. The minimum absolute atomic E-state index is 0.264. The Labute approximate surface area is 104 Å². The summed E-state index contributed by atoms with van der Waals surface area (Å²) in [7, 11) is 0. The molecule has 100 valence electrons. The summed E-state index contributed by atoms with van der Waals surface area (Å²) in [5.41, 5.74) is -0.652. The summed E-state index contributed by atoms with van der Waals surface area (Å²) in [6.07, 6.45) is -4.32. The number of rotatable bonds is 1. The molecule has 1 aliphatic heterocycles. The molecule has 1 aliphatic rings. The Bertz CT molecular complexity index is 456. The standard InChI is InChI=1S/C13H16F3NO/c1-8(2)12(3)7-17-10-6-9(13(14,15)16)4-5-11(10)18-12/h4-6,8,17H,7H2,1-3H3. The summed E-state index contributed by atoms with van der Waals surface area (Å²) in [4.78, 5) is 0. The summed E-state index contributed by atoms with van der Waals surface area (Å²) >= 11 is 0. The lowest BCUT2D eigenvalue weighted by Crippen LogP contribution is -2.47. The maximum Gasteiger partial charge on any atom is 0.416 e. The second-order valence-electron chi connectivity index (χ2n) is 5.13. The third kappa shape index (κ3) is 2.26. The van der Waals surface area contributed by atoms with Crippen molar-refractivity contribution in [2.24, 2.45) is 5.92 Å². The molecule has 1 heterocycles. The zero-order chi connectivity index (χ0) is 13.6. The van der Waals surface area contributed by atoms with Crippen LogP contribution < -0.4 is 10.1 Å². The van der Waals surface area contributed by atoms with Crippen LogP contribution in [0.2, 0.25) is 0 Å². The second-order valence-corrected chi connectivity index (χ2v) is 5.13. The molecule has 5 heteroatoms.